The van der Waals surface area contributed by atoms with Crippen molar-refractivity contribution in [1.29, 1.82) is 0 Å². The van der Waals surface area contributed by atoms with Crippen LogP contribution >= 0.6 is 0 Å². The predicted molar refractivity (Wildman–Crippen MR) is 52.8 cm³/mol. The van der Waals surface area contributed by atoms with E-state index in [0.29, 0.717) is 0 Å². The van der Waals surface area contributed by atoms with Crippen molar-refractivity contribution in [2.24, 2.45) is 5.73 Å². The molecule has 2 N–H and O–H groups in total. The number of aryl methyl sites for hydroxylation is 1. The fourth-order valence-corrected chi connectivity index (χ4v) is 1.79. The number of rotatable bonds is 0. The Labute approximate surface area is 78.7 Å². The first-order valence-corrected chi connectivity index (χ1v) is 4.63. The van der Waals surface area contributed by atoms with Crippen molar-refractivity contribution in [3.8, 4) is 5.75 Å². The van der Waals surface area contributed by atoms with Crippen LogP contribution in [0.15, 0.2) is 18.2 Å². The van der Waals surface area contributed by atoms with Crippen LogP contribution < -0.4 is 10.5 Å². The zero-order valence-electron chi connectivity index (χ0n) is 8.13. The fraction of sp³-hybridized carbons (Fsp3) is 0.455. The maximum atomic E-state index is 6.18. The molecule has 13 heavy (non-hydrogen) atoms. The molecule has 1 aliphatic rings. The maximum absolute atomic E-state index is 6.18. The molecule has 1 unspecified atom stereocenters. The van der Waals surface area contributed by atoms with Crippen molar-refractivity contribution >= 4 is 0 Å². The summed E-state index contributed by atoms with van der Waals surface area (Å²) in [5, 5.41) is 0. The molecule has 2 nitrogen and oxygen atoms in total. The Balaban J connectivity index is 2.58. The van der Waals surface area contributed by atoms with E-state index in [9.17, 15) is 0 Å². The molecule has 0 spiro atoms. The Kier molecular flexibility index (Phi) is 1.81. The number of nitrogens with two attached hydrogens (primary N) is 1. The van der Waals surface area contributed by atoms with Crippen LogP contribution in [0.5, 0.6) is 5.75 Å². The van der Waals surface area contributed by atoms with Gasteiger partial charge in [-0.15, -0.1) is 0 Å². The van der Waals surface area contributed by atoms with E-state index >= 15 is 0 Å². The van der Waals surface area contributed by atoms with E-state index in [4.69, 9.17) is 10.5 Å². The normalized spacial score (nSPS) is 26.4. The summed E-state index contributed by atoms with van der Waals surface area (Å²) in [6.45, 7) is 4.85. The molecule has 1 aromatic carbocycles. The van der Waals surface area contributed by atoms with Crippen molar-refractivity contribution in [2.75, 3.05) is 6.61 Å². The van der Waals surface area contributed by atoms with Gasteiger partial charge in [-0.3, -0.25) is 0 Å². The Bertz CT molecular complexity index is 331. The summed E-state index contributed by atoms with van der Waals surface area (Å²) in [6.07, 6.45) is 0.892. The van der Waals surface area contributed by atoms with Crippen LogP contribution in [0.1, 0.15) is 24.5 Å². The van der Waals surface area contributed by atoms with Gasteiger partial charge in [0.2, 0.25) is 0 Å². The van der Waals surface area contributed by atoms with E-state index in [2.05, 4.69) is 26.0 Å². The molecule has 0 saturated heterocycles. The smallest absolute Gasteiger partial charge is 0.127 e. The molecule has 0 aliphatic carbocycles. The van der Waals surface area contributed by atoms with Crippen LogP contribution in [0.4, 0.5) is 0 Å². The predicted octanol–water partition coefficient (Wildman–Crippen LogP) is 1.95. The number of hydrogen-bond donors (Lipinski definition) is 1. The Hall–Kier alpha value is -1.02. The molecule has 1 aliphatic heterocycles. The lowest BCUT2D eigenvalue weighted by atomic mass is 9.86. The van der Waals surface area contributed by atoms with Gasteiger partial charge in [0.15, 0.2) is 0 Å². The van der Waals surface area contributed by atoms with E-state index < -0.39 is 0 Å². The molecular weight excluding hydrogens is 162 g/mol. The minimum Gasteiger partial charge on any atom is -0.493 e. The summed E-state index contributed by atoms with van der Waals surface area (Å²) in [6, 6.07) is 6.15. The maximum Gasteiger partial charge on any atom is 0.127 e. The molecule has 0 amide bonds. The highest BCUT2D eigenvalue weighted by atomic mass is 16.5. The molecule has 1 aromatic rings. The Morgan fingerprint density at radius 3 is 2.92 bits per heavy atom. The standard InChI is InChI=1S/C11H15NO/c1-8-4-3-5-9-10(8)13-7-6-11(9,2)12/h3-5H,6-7,12H2,1-2H3. The third-order valence-electron chi connectivity index (χ3n) is 2.69. The Morgan fingerprint density at radius 1 is 1.46 bits per heavy atom. The van der Waals surface area contributed by atoms with Gasteiger partial charge in [-0.25, -0.2) is 0 Å². The summed E-state index contributed by atoms with van der Waals surface area (Å²) in [4.78, 5) is 0. The lowest BCUT2D eigenvalue weighted by molar-refractivity contribution is 0.226. The van der Waals surface area contributed by atoms with Crippen LogP contribution in [0.3, 0.4) is 0 Å². The van der Waals surface area contributed by atoms with Gasteiger partial charge in [-0.05, 0) is 19.4 Å². The minimum absolute atomic E-state index is 0.223. The molecule has 2 rings (SSSR count). The van der Waals surface area contributed by atoms with Crippen molar-refractivity contribution < 1.29 is 4.74 Å². The number of fused-ring (bicyclic) bond motifs is 1. The molecule has 0 saturated carbocycles. The van der Waals surface area contributed by atoms with E-state index in [1.54, 1.807) is 0 Å². The number of ether oxygens (including phenoxy) is 1. The van der Waals surface area contributed by atoms with Gasteiger partial charge in [-0.1, -0.05) is 18.2 Å². The largest absolute Gasteiger partial charge is 0.493 e. The highest BCUT2D eigenvalue weighted by Gasteiger charge is 2.29. The quantitative estimate of drug-likeness (QED) is 0.657. The molecule has 70 valence electrons. The van der Waals surface area contributed by atoms with Crippen molar-refractivity contribution in [2.45, 2.75) is 25.8 Å². The molecule has 0 aromatic heterocycles. The lowest BCUT2D eigenvalue weighted by Gasteiger charge is -2.32. The van der Waals surface area contributed by atoms with Crippen LogP contribution in [0, 0.1) is 6.92 Å². The van der Waals surface area contributed by atoms with Gasteiger partial charge in [0.05, 0.1) is 6.61 Å². The van der Waals surface area contributed by atoms with E-state index in [1.807, 2.05) is 6.07 Å². The van der Waals surface area contributed by atoms with Gasteiger partial charge in [-0.2, -0.15) is 0 Å². The SMILES string of the molecule is Cc1cccc2c1OCCC2(C)N. The van der Waals surface area contributed by atoms with Crippen LogP contribution in [-0.2, 0) is 5.54 Å². The third-order valence-corrected chi connectivity index (χ3v) is 2.69. The number of para-hydroxylation sites is 1. The first-order chi connectivity index (χ1) is 6.11. The molecule has 0 radical (unpaired) electrons. The van der Waals surface area contributed by atoms with Gasteiger partial charge >= 0.3 is 0 Å². The summed E-state index contributed by atoms with van der Waals surface area (Å²) in [5.41, 5.74) is 8.27. The second kappa shape index (κ2) is 2.74. The van der Waals surface area contributed by atoms with Crippen LogP contribution in [0.25, 0.3) is 0 Å². The summed E-state index contributed by atoms with van der Waals surface area (Å²) < 4.78 is 5.61. The van der Waals surface area contributed by atoms with Crippen molar-refractivity contribution in [1.82, 2.24) is 0 Å². The lowest BCUT2D eigenvalue weighted by Crippen LogP contribution is -2.38. The highest BCUT2D eigenvalue weighted by Crippen LogP contribution is 2.36. The topological polar surface area (TPSA) is 35.2 Å². The van der Waals surface area contributed by atoms with Crippen LogP contribution in [-0.4, -0.2) is 6.61 Å². The molecule has 1 heterocycles. The summed E-state index contributed by atoms with van der Waals surface area (Å²) >= 11 is 0. The van der Waals surface area contributed by atoms with Gasteiger partial charge in [0.25, 0.3) is 0 Å². The minimum atomic E-state index is -0.223. The molecule has 0 fully saturated rings. The van der Waals surface area contributed by atoms with Crippen molar-refractivity contribution in [3.05, 3.63) is 29.3 Å². The van der Waals surface area contributed by atoms with Gasteiger partial charge in [0, 0.05) is 17.5 Å². The molecular formula is C11H15NO. The van der Waals surface area contributed by atoms with Gasteiger partial charge in [0.1, 0.15) is 5.75 Å². The van der Waals surface area contributed by atoms with E-state index in [0.717, 1.165) is 24.3 Å². The Morgan fingerprint density at radius 2 is 2.23 bits per heavy atom. The molecule has 2 heteroatoms. The molecule has 0 bridgehead atoms. The van der Waals surface area contributed by atoms with Crippen LogP contribution in [0.2, 0.25) is 0 Å². The fourth-order valence-electron chi connectivity index (χ4n) is 1.79. The molecule has 1 atom stereocenters. The summed E-state index contributed by atoms with van der Waals surface area (Å²) in [5.74, 6) is 0.985. The monoisotopic (exact) mass is 177 g/mol. The zero-order chi connectivity index (χ0) is 9.47. The first-order valence-electron chi connectivity index (χ1n) is 4.63. The van der Waals surface area contributed by atoms with E-state index in [1.165, 1.54) is 5.56 Å². The van der Waals surface area contributed by atoms with E-state index in [-0.39, 0.29) is 5.54 Å². The third kappa shape index (κ3) is 1.31. The highest BCUT2D eigenvalue weighted by molar-refractivity contribution is 5.45. The number of benzene rings is 1. The summed E-state index contributed by atoms with van der Waals surface area (Å²) in [7, 11) is 0. The second-order valence-electron chi connectivity index (χ2n) is 3.97. The average molecular weight is 177 g/mol. The van der Waals surface area contributed by atoms with Gasteiger partial charge < -0.3 is 10.5 Å². The zero-order valence-corrected chi connectivity index (χ0v) is 8.13. The second-order valence-corrected chi connectivity index (χ2v) is 3.97. The average Bonchev–Trinajstić information content (AvgIpc) is 2.06. The number of hydrogen-bond acceptors (Lipinski definition) is 2. The first kappa shape index (κ1) is 8.57. The van der Waals surface area contributed by atoms with Crippen molar-refractivity contribution in [3.63, 3.8) is 0 Å².